The predicted octanol–water partition coefficient (Wildman–Crippen LogP) is 1.70. The zero-order valence-corrected chi connectivity index (χ0v) is 15.3. The van der Waals surface area contributed by atoms with Gasteiger partial charge < -0.3 is 14.5 Å². The van der Waals surface area contributed by atoms with E-state index >= 15 is 0 Å². The van der Waals surface area contributed by atoms with E-state index in [-0.39, 0.29) is 30.6 Å². The molecule has 0 N–H and O–H groups in total. The van der Waals surface area contributed by atoms with Crippen molar-refractivity contribution in [1.82, 2.24) is 14.7 Å². The van der Waals surface area contributed by atoms with Crippen molar-refractivity contribution < 1.29 is 14.3 Å². The van der Waals surface area contributed by atoms with Gasteiger partial charge in [-0.3, -0.25) is 14.3 Å². The fourth-order valence-corrected chi connectivity index (χ4v) is 3.91. The number of carbonyl (C=O) groups is 2. The highest BCUT2D eigenvalue weighted by atomic mass is 16.5. The van der Waals surface area contributed by atoms with Gasteiger partial charge >= 0.3 is 0 Å². The number of nitrogens with zero attached hydrogens (tertiary/aromatic N) is 4. The van der Waals surface area contributed by atoms with Crippen molar-refractivity contribution in [3.63, 3.8) is 0 Å². The van der Waals surface area contributed by atoms with Gasteiger partial charge in [0.25, 0.3) is 5.91 Å². The number of rotatable bonds is 3. The molecule has 7 heteroatoms. The number of morpholine rings is 1. The van der Waals surface area contributed by atoms with Gasteiger partial charge in [0.2, 0.25) is 5.91 Å². The van der Waals surface area contributed by atoms with Crippen LogP contribution in [0.15, 0.2) is 48.8 Å². The molecule has 2 amide bonds. The Morgan fingerprint density at radius 2 is 2.00 bits per heavy atom. The third-order valence-corrected chi connectivity index (χ3v) is 5.42. The molecule has 0 saturated carbocycles. The van der Waals surface area contributed by atoms with Gasteiger partial charge in [0, 0.05) is 31.2 Å². The van der Waals surface area contributed by atoms with E-state index < -0.39 is 0 Å². The minimum atomic E-state index is -0.384. The van der Waals surface area contributed by atoms with Crippen LogP contribution in [0.4, 0.5) is 5.69 Å². The lowest BCUT2D eigenvalue weighted by Gasteiger charge is -2.42. The topological polar surface area (TPSA) is 67.7 Å². The molecule has 2 aromatic rings. The normalized spacial score (nSPS) is 23.5. The minimum Gasteiger partial charge on any atom is -0.363 e. The molecule has 2 saturated heterocycles. The van der Waals surface area contributed by atoms with Gasteiger partial charge in [-0.25, -0.2) is 0 Å². The molecule has 2 aliphatic heterocycles. The Morgan fingerprint density at radius 1 is 1.15 bits per heavy atom. The lowest BCUT2D eigenvalue weighted by Crippen LogP contribution is -2.55. The van der Waals surface area contributed by atoms with Crippen molar-refractivity contribution in [2.24, 2.45) is 0 Å². The quantitative estimate of drug-likeness (QED) is 0.827. The maximum Gasteiger partial charge on any atom is 0.253 e. The van der Waals surface area contributed by atoms with Crippen LogP contribution in [-0.4, -0.2) is 58.3 Å². The molecule has 1 spiro atoms. The fraction of sp³-hybridized carbons (Fsp3) is 0.450. The number of amides is 2. The first-order valence-electron chi connectivity index (χ1n) is 9.40. The van der Waals surface area contributed by atoms with Crippen LogP contribution in [0.25, 0.3) is 0 Å². The molecule has 27 heavy (non-hydrogen) atoms. The average molecular weight is 368 g/mol. The molecule has 2 aliphatic rings. The smallest absolute Gasteiger partial charge is 0.253 e. The summed E-state index contributed by atoms with van der Waals surface area (Å²) in [4.78, 5) is 28.7. The van der Waals surface area contributed by atoms with Gasteiger partial charge in [-0.05, 0) is 37.5 Å². The lowest BCUT2D eigenvalue weighted by molar-refractivity contribution is -0.141. The standard InChI is InChI=1S/C20H24N4O3/c25-18(14-23-12-5-10-21-23)22-11-4-8-20(9-13-22)16-24(19(26)15-27-20)17-6-2-1-3-7-17/h1-3,5-7,10,12H,4,8-9,11,13-16H2. The van der Waals surface area contributed by atoms with Gasteiger partial charge in [-0.2, -0.15) is 5.10 Å². The summed E-state index contributed by atoms with van der Waals surface area (Å²) in [7, 11) is 0. The number of benzene rings is 1. The molecule has 4 rings (SSSR count). The number of hydrogen-bond donors (Lipinski definition) is 0. The van der Waals surface area contributed by atoms with Gasteiger partial charge in [0.05, 0.1) is 12.1 Å². The first-order valence-corrected chi connectivity index (χ1v) is 9.40. The fourth-order valence-electron chi connectivity index (χ4n) is 3.91. The summed E-state index contributed by atoms with van der Waals surface area (Å²) in [5, 5.41) is 4.11. The van der Waals surface area contributed by atoms with E-state index in [0.717, 1.165) is 24.9 Å². The number of anilines is 1. The third kappa shape index (κ3) is 3.88. The summed E-state index contributed by atoms with van der Waals surface area (Å²) in [5.41, 5.74) is 0.519. The zero-order valence-electron chi connectivity index (χ0n) is 15.3. The maximum atomic E-state index is 12.6. The van der Waals surface area contributed by atoms with Crippen molar-refractivity contribution in [3.05, 3.63) is 48.8 Å². The summed E-state index contributed by atoms with van der Waals surface area (Å²) >= 11 is 0. The molecule has 0 bridgehead atoms. The largest absolute Gasteiger partial charge is 0.363 e. The van der Waals surface area contributed by atoms with E-state index in [9.17, 15) is 9.59 Å². The van der Waals surface area contributed by atoms with Crippen LogP contribution in [0.3, 0.4) is 0 Å². The highest BCUT2D eigenvalue weighted by molar-refractivity contribution is 5.95. The molecular weight excluding hydrogens is 344 g/mol. The Balaban J connectivity index is 1.43. The monoisotopic (exact) mass is 368 g/mol. The Bertz CT molecular complexity index is 793. The summed E-state index contributed by atoms with van der Waals surface area (Å²) in [6.45, 7) is 2.24. The second kappa shape index (κ2) is 7.52. The number of aromatic nitrogens is 2. The second-order valence-corrected chi connectivity index (χ2v) is 7.23. The molecule has 0 radical (unpaired) electrons. The molecule has 1 aromatic heterocycles. The molecule has 1 atom stereocenters. The number of carbonyl (C=O) groups excluding carboxylic acids is 2. The van der Waals surface area contributed by atoms with Crippen molar-refractivity contribution >= 4 is 17.5 Å². The second-order valence-electron chi connectivity index (χ2n) is 7.23. The van der Waals surface area contributed by atoms with Crippen LogP contribution in [0.1, 0.15) is 19.3 Å². The zero-order chi connectivity index (χ0) is 18.7. The number of ether oxygens (including phenoxy) is 1. The lowest BCUT2D eigenvalue weighted by atomic mass is 9.92. The molecule has 3 heterocycles. The molecular formula is C20H24N4O3. The average Bonchev–Trinajstić information content (AvgIpc) is 3.11. The van der Waals surface area contributed by atoms with Crippen molar-refractivity contribution in [2.45, 2.75) is 31.4 Å². The van der Waals surface area contributed by atoms with Crippen LogP contribution in [0, 0.1) is 0 Å². The van der Waals surface area contributed by atoms with E-state index in [2.05, 4.69) is 5.10 Å². The maximum absolute atomic E-state index is 12.6. The van der Waals surface area contributed by atoms with E-state index in [1.165, 1.54) is 0 Å². The predicted molar refractivity (Wildman–Crippen MR) is 100 cm³/mol. The van der Waals surface area contributed by atoms with Crippen LogP contribution < -0.4 is 4.90 Å². The minimum absolute atomic E-state index is 0.0114. The molecule has 142 valence electrons. The van der Waals surface area contributed by atoms with Crippen LogP contribution in [-0.2, 0) is 20.9 Å². The molecule has 7 nitrogen and oxygen atoms in total. The Kier molecular flexibility index (Phi) is 4.94. The molecule has 1 aromatic carbocycles. The Hall–Kier alpha value is -2.67. The summed E-state index contributed by atoms with van der Waals surface area (Å²) in [6, 6.07) is 11.5. The SMILES string of the molecule is O=C(Cn1cccn1)N1CCCC2(CC1)CN(c1ccccc1)C(=O)CO2. The van der Waals surface area contributed by atoms with Crippen LogP contribution >= 0.6 is 0 Å². The van der Waals surface area contributed by atoms with Gasteiger partial charge in [-0.1, -0.05) is 18.2 Å². The first kappa shape index (κ1) is 17.7. The van der Waals surface area contributed by atoms with Crippen LogP contribution in [0.2, 0.25) is 0 Å². The summed E-state index contributed by atoms with van der Waals surface area (Å²) in [6.07, 6.45) is 5.91. The Labute approximate surface area is 158 Å². The molecule has 2 fully saturated rings. The van der Waals surface area contributed by atoms with Crippen molar-refractivity contribution in [3.8, 4) is 0 Å². The van der Waals surface area contributed by atoms with E-state index in [4.69, 9.17) is 4.74 Å². The number of likely N-dealkylation sites (tertiary alicyclic amines) is 1. The van der Waals surface area contributed by atoms with Crippen LogP contribution in [0.5, 0.6) is 0 Å². The molecule has 1 unspecified atom stereocenters. The first-order chi connectivity index (χ1) is 13.2. The van der Waals surface area contributed by atoms with Gasteiger partial charge in [-0.15, -0.1) is 0 Å². The van der Waals surface area contributed by atoms with Gasteiger partial charge in [0.1, 0.15) is 13.2 Å². The van der Waals surface area contributed by atoms with Gasteiger partial charge in [0.15, 0.2) is 0 Å². The number of para-hydroxylation sites is 1. The van der Waals surface area contributed by atoms with E-state index in [1.807, 2.05) is 46.2 Å². The van der Waals surface area contributed by atoms with Crippen molar-refractivity contribution in [2.75, 3.05) is 31.1 Å². The van der Waals surface area contributed by atoms with Crippen molar-refractivity contribution in [1.29, 1.82) is 0 Å². The highest BCUT2D eigenvalue weighted by Gasteiger charge is 2.41. The van der Waals surface area contributed by atoms with E-state index in [0.29, 0.717) is 19.6 Å². The summed E-state index contributed by atoms with van der Waals surface area (Å²) in [5.74, 6) is 0.0604. The summed E-state index contributed by atoms with van der Waals surface area (Å²) < 4.78 is 7.69. The molecule has 0 aliphatic carbocycles. The Morgan fingerprint density at radius 3 is 2.78 bits per heavy atom. The van der Waals surface area contributed by atoms with E-state index in [1.54, 1.807) is 17.1 Å². The highest BCUT2D eigenvalue weighted by Crippen LogP contribution is 2.32. The number of hydrogen-bond acceptors (Lipinski definition) is 4. The third-order valence-electron chi connectivity index (χ3n) is 5.42.